The summed E-state index contributed by atoms with van der Waals surface area (Å²) in [6, 6.07) is 10.1. The number of rotatable bonds is 16. The minimum atomic E-state index is -0.586. The van der Waals surface area contributed by atoms with Crippen LogP contribution in [0.25, 0.3) is 0 Å². The first-order valence-electron chi connectivity index (χ1n) is 12.0. The summed E-state index contributed by atoms with van der Waals surface area (Å²) in [6.07, 6.45) is 4.34. The van der Waals surface area contributed by atoms with Crippen molar-refractivity contribution in [2.45, 2.75) is 91.0 Å². The molecule has 0 aliphatic rings. The second-order valence-corrected chi connectivity index (χ2v) is 8.74. The van der Waals surface area contributed by atoms with Crippen LogP contribution in [0.2, 0.25) is 0 Å². The van der Waals surface area contributed by atoms with Crippen LogP contribution < -0.4 is 5.32 Å². The molecule has 0 aromatic heterocycles. The van der Waals surface area contributed by atoms with E-state index in [4.69, 9.17) is 9.47 Å². The molecule has 1 aromatic carbocycles. The maximum absolute atomic E-state index is 13.2. The molecule has 6 nitrogen and oxygen atoms in total. The maximum Gasteiger partial charge on any atom is 0.227 e. The Kier molecular flexibility index (Phi) is 13.9. The van der Waals surface area contributed by atoms with Crippen LogP contribution in [-0.2, 0) is 25.5 Å². The summed E-state index contributed by atoms with van der Waals surface area (Å²) in [6.45, 7) is 8.90. The van der Waals surface area contributed by atoms with E-state index in [0.29, 0.717) is 18.9 Å². The van der Waals surface area contributed by atoms with Gasteiger partial charge in [-0.3, -0.25) is 9.59 Å². The van der Waals surface area contributed by atoms with Crippen LogP contribution in [0.1, 0.15) is 71.8 Å². The SMILES string of the molecule is CCCCN(C(=O)CC(OC)C(C)CCC)C(CC(=O)NC(C)Cc1ccccc1)OC. The lowest BCUT2D eigenvalue weighted by Gasteiger charge is -2.32. The zero-order valence-corrected chi connectivity index (χ0v) is 20.9. The molecule has 2 amide bonds. The van der Waals surface area contributed by atoms with E-state index in [1.807, 2.05) is 25.1 Å². The van der Waals surface area contributed by atoms with Crippen molar-refractivity contribution in [3.63, 3.8) is 0 Å². The topological polar surface area (TPSA) is 67.9 Å². The van der Waals surface area contributed by atoms with E-state index in [1.54, 1.807) is 19.1 Å². The molecule has 32 heavy (non-hydrogen) atoms. The van der Waals surface area contributed by atoms with Gasteiger partial charge < -0.3 is 19.7 Å². The summed E-state index contributed by atoms with van der Waals surface area (Å²) >= 11 is 0. The van der Waals surface area contributed by atoms with E-state index in [9.17, 15) is 9.59 Å². The van der Waals surface area contributed by atoms with Gasteiger partial charge in [0.05, 0.1) is 18.9 Å². The normalized spacial score (nSPS) is 14.9. The minimum absolute atomic E-state index is 0.00466. The highest BCUT2D eigenvalue weighted by Gasteiger charge is 2.29. The van der Waals surface area contributed by atoms with Gasteiger partial charge in [-0.2, -0.15) is 0 Å². The van der Waals surface area contributed by atoms with Crippen LogP contribution in [0.3, 0.4) is 0 Å². The highest BCUT2D eigenvalue weighted by atomic mass is 16.5. The van der Waals surface area contributed by atoms with E-state index < -0.39 is 6.23 Å². The smallest absolute Gasteiger partial charge is 0.227 e. The fraction of sp³-hybridized carbons (Fsp3) is 0.692. The molecule has 0 saturated carbocycles. The number of methoxy groups -OCH3 is 2. The van der Waals surface area contributed by atoms with E-state index in [0.717, 1.165) is 32.1 Å². The van der Waals surface area contributed by atoms with E-state index in [-0.39, 0.29) is 30.4 Å². The third kappa shape index (κ3) is 10.1. The molecule has 0 aliphatic carbocycles. The Bertz CT molecular complexity index is 652. The van der Waals surface area contributed by atoms with Crippen LogP contribution in [0.5, 0.6) is 0 Å². The Labute approximate surface area is 195 Å². The Morgan fingerprint density at radius 2 is 1.69 bits per heavy atom. The zero-order valence-electron chi connectivity index (χ0n) is 20.9. The maximum atomic E-state index is 13.2. The standard InChI is InChI=1S/C26H44N2O4/c1-7-9-16-28(25(30)18-23(31-5)20(3)13-8-2)26(32-6)19-24(29)27-21(4)17-22-14-11-10-12-15-22/h10-12,14-15,20-21,23,26H,7-9,13,16-19H2,1-6H3,(H,27,29). The van der Waals surface area contributed by atoms with Crippen molar-refractivity contribution in [2.24, 2.45) is 5.92 Å². The van der Waals surface area contributed by atoms with Crippen LogP contribution in [0.15, 0.2) is 30.3 Å². The predicted molar refractivity (Wildman–Crippen MR) is 129 cm³/mol. The second-order valence-electron chi connectivity index (χ2n) is 8.74. The average Bonchev–Trinajstić information content (AvgIpc) is 2.77. The number of nitrogens with zero attached hydrogens (tertiary/aromatic N) is 1. The van der Waals surface area contributed by atoms with Crippen molar-refractivity contribution < 1.29 is 19.1 Å². The summed E-state index contributed by atoms with van der Waals surface area (Å²) in [4.78, 5) is 27.7. The first-order chi connectivity index (χ1) is 15.4. The Hall–Kier alpha value is -1.92. The van der Waals surface area contributed by atoms with Crippen LogP contribution in [-0.4, -0.2) is 55.9 Å². The lowest BCUT2D eigenvalue weighted by Crippen LogP contribution is -2.47. The number of unbranched alkanes of at least 4 members (excludes halogenated alkanes) is 1. The molecule has 0 heterocycles. The molecule has 4 unspecified atom stereocenters. The van der Waals surface area contributed by atoms with Crippen molar-refractivity contribution in [3.05, 3.63) is 35.9 Å². The molecule has 0 saturated heterocycles. The van der Waals surface area contributed by atoms with Crippen LogP contribution in [0.4, 0.5) is 0 Å². The lowest BCUT2D eigenvalue weighted by molar-refractivity contribution is -0.150. The Morgan fingerprint density at radius 3 is 2.25 bits per heavy atom. The van der Waals surface area contributed by atoms with E-state index in [2.05, 4.69) is 38.2 Å². The largest absolute Gasteiger partial charge is 0.381 e. The highest BCUT2D eigenvalue weighted by molar-refractivity contribution is 5.80. The molecule has 0 bridgehead atoms. The Balaban J connectivity index is 2.76. The minimum Gasteiger partial charge on any atom is -0.381 e. The van der Waals surface area contributed by atoms with Gasteiger partial charge in [0.1, 0.15) is 6.23 Å². The molecular weight excluding hydrogens is 404 g/mol. The number of ether oxygens (including phenoxy) is 2. The van der Waals surface area contributed by atoms with Gasteiger partial charge in [0.25, 0.3) is 0 Å². The first-order valence-corrected chi connectivity index (χ1v) is 12.0. The van der Waals surface area contributed by atoms with Gasteiger partial charge in [0, 0.05) is 26.8 Å². The summed E-state index contributed by atoms with van der Waals surface area (Å²) in [5, 5.41) is 3.05. The van der Waals surface area contributed by atoms with E-state index in [1.165, 1.54) is 5.56 Å². The van der Waals surface area contributed by atoms with Gasteiger partial charge in [-0.05, 0) is 37.7 Å². The van der Waals surface area contributed by atoms with Gasteiger partial charge in [-0.15, -0.1) is 0 Å². The number of amides is 2. The number of carbonyl (C=O) groups is 2. The number of nitrogens with one attached hydrogen (secondary N) is 1. The van der Waals surface area contributed by atoms with Crippen molar-refractivity contribution >= 4 is 11.8 Å². The quantitative estimate of drug-likeness (QED) is 0.376. The van der Waals surface area contributed by atoms with Crippen LogP contribution in [0, 0.1) is 5.92 Å². The van der Waals surface area contributed by atoms with Crippen molar-refractivity contribution in [1.82, 2.24) is 10.2 Å². The molecule has 1 aromatic rings. The summed E-state index contributed by atoms with van der Waals surface area (Å²) < 4.78 is 11.3. The summed E-state index contributed by atoms with van der Waals surface area (Å²) in [7, 11) is 3.22. The van der Waals surface area contributed by atoms with E-state index >= 15 is 0 Å². The highest BCUT2D eigenvalue weighted by Crippen LogP contribution is 2.19. The average molecular weight is 449 g/mol. The van der Waals surface area contributed by atoms with Gasteiger partial charge in [0.2, 0.25) is 11.8 Å². The van der Waals surface area contributed by atoms with Gasteiger partial charge in [-0.1, -0.05) is 63.9 Å². The number of hydrogen-bond donors (Lipinski definition) is 1. The monoisotopic (exact) mass is 448 g/mol. The molecule has 0 aliphatic heterocycles. The van der Waals surface area contributed by atoms with Gasteiger partial charge in [0.15, 0.2) is 0 Å². The van der Waals surface area contributed by atoms with Gasteiger partial charge >= 0.3 is 0 Å². The molecule has 6 heteroatoms. The van der Waals surface area contributed by atoms with Crippen LogP contribution >= 0.6 is 0 Å². The summed E-state index contributed by atoms with van der Waals surface area (Å²) in [5.41, 5.74) is 1.18. The second kappa shape index (κ2) is 15.8. The first kappa shape index (κ1) is 28.1. The van der Waals surface area contributed by atoms with Crippen molar-refractivity contribution in [3.8, 4) is 0 Å². The lowest BCUT2D eigenvalue weighted by atomic mass is 9.96. The summed E-state index contributed by atoms with van der Waals surface area (Å²) in [5.74, 6) is 0.160. The molecule has 1 rings (SSSR count). The fourth-order valence-corrected chi connectivity index (χ4v) is 4.04. The zero-order chi connectivity index (χ0) is 23.9. The molecule has 0 spiro atoms. The molecule has 0 fully saturated rings. The van der Waals surface area contributed by atoms with Crippen molar-refractivity contribution in [1.29, 1.82) is 0 Å². The molecule has 182 valence electrons. The third-order valence-corrected chi connectivity index (χ3v) is 5.90. The molecular formula is C26H44N2O4. The molecule has 0 radical (unpaired) electrons. The molecule has 1 N–H and O–H groups in total. The fourth-order valence-electron chi connectivity index (χ4n) is 4.04. The Morgan fingerprint density at radius 1 is 1.00 bits per heavy atom. The number of benzene rings is 1. The number of carbonyl (C=O) groups excluding carboxylic acids is 2. The molecule has 4 atom stereocenters. The van der Waals surface area contributed by atoms with Gasteiger partial charge in [-0.25, -0.2) is 0 Å². The number of hydrogen-bond acceptors (Lipinski definition) is 4. The predicted octanol–water partition coefficient (Wildman–Crippen LogP) is 4.57. The van der Waals surface area contributed by atoms with Crippen molar-refractivity contribution in [2.75, 3.05) is 20.8 Å². The third-order valence-electron chi connectivity index (χ3n) is 5.90.